The largest absolute Gasteiger partial charge is 0.382 e. The number of aromatic nitrogens is 3. The van der Waals surface area contributed by atoms with Crippen LogP contribution >= 0.6 is 11.6 Å². The van der Waals surface area contributed by atoms with Crippen molar-refractivity contribution in [3.63, 3.8) is 0 Å². The van der Waals surface area contributed by atoms with Crippen LogP contribution in [0.4, 0.5) is 22.9 Å². The zero-order chi connectivity index (χ0) is 18.7. The summed E-state index contributed by atoms with van der Waals surface area (Å²) in [5.74, 6) is 0.317. The molecule has 0 saturated carbocycles. The van der Waals surface area contributed by atoms with E-state index in [9.17, 15) is 10.1 Å². The fourth-order valence-electron chi connectivity index (χ4n) is 2.34. The highest BCUT2D eigenvalue weighted by Gasteiger charge is 2.15. The van der Waals surface area contributed by atoms with E-state index in [1.54, 1.807) is 4.68 Å². The average molecular weight is 373 g/mol. The minimum atomic E-state index is -0.567. The number of aryl methyl sites for hydroxylation is 1. The molecule has 0 unspecified atom stereocenters. The lowest BCUT2D eigenvalue weighted by Gasteiger charge is -2.03. The van der Waals surface area contributed by atoms with Crippen LogP contribution in [0, 0.1) is 10.1 Å². The lowest BCUT2D eigenvalue weighted by Crippen LogP contribution is -2.27. The Hall–Kier alpha value is -3.33. The first-order valence-corrected chi connectivity index (χ1v) is 7.93. The van der Waals surface area contributed by atoms with E-state index in [0.717, 1.165) is 5.56 Å². The van der Waals surface area contributed by atoms with Crippen molar-refractivity contribution in [1.82, 2.24) is 9.78 Å². The van der Waals surface area contributed by atoms with Gasteiger partial charge in [0, 0.05) is 22.7 Å². The molecule has 3 rings (SSSR count). The van der Waals surface area contributed by atoms with Crippen molar-refractivity contribution >= 4 is 34.5 Å². The molecule has 26 heavy (non-hydrogen) atoms. The Bertz CT molecular complexity index is 1000. The first-order chi connectivity index (χ1) is 12.4. The maximum atomic E-state index is 11.1. The van der Waals surface area contributed by atoms with Crippen LogP contribution in [0.3, 0.4) is 0 Å². The molecule has 10 heteroatoms. The van der Waals surface area contributed by atoms with Gasteiger partial charge in [0.15, 0.2) is 18.1 Å². The number of nitrogens with two attached hydrogens (primary N) is 1. The summed E-state index contributed by atoms with van der Waals surface area (Å²) < 4.78 is 3.51. The molecule has 2 heterocycles. The second-order valence-electron chi connectivity index (χ2n) is 5.54. The Morgan fingerprint density at radius 2 is 2.12 bits per heavy atom. The smallest absolute Gasteiger partial charge is 0.298 e. The minimum Gasteiger partial charge on any atom is -0.382 e. The van der Waals surface area contributed by atoms with Crippen LogP contribution < -0.4 is 10.3 Å². The van der Waals surface area contributed by atoms with Gasteiger partial charge in [-0.05, 0) is 18.2 Å². The Morgan fingerprint density at radius 1 is 1.35 bits per heavy atom. The van der Waals surface area contributed by atoms with Gasteiger partial charge >= 0.3 is 0 Å². The van der Waals surface area contributed by atoms with Gasteiger partial charge in [-0.3, -0.25) is 10.1 Å². The number of nitrogen functional groups attached to an aromatic ring is 1. The van der Waals surface area contributed by atoms with Crippen LogP contribution in [0.5, 0.6) is 0 Å². The highest BCUT2D eigenvalue weighted by molar-refractivity contribution is 6.30. The molecule has 0 amide bonds. The van der Waals surface area contributed by atoms with Crippen molar-refractivity contribution in [2.75, 3.05) is 5.73 Å². The van der Waals surface area contributed by atoms with Gasteiger partial charge in [-0.15, -0.1) is 10.2 Å². The van der Waals surface area contributed by atoms with Crippen molar-refractivity contribution in [2.24, 2.45) is 17.3 Å². The molecule has 0 aliphatic rings. The zero-order valence-corrected chi connectivity index (χ0v) is 14.5. The van der Waals surface area contributed by atoms with Gasteiger partial charge in [-0.1, -0.05) is 11.6 Å². The first-order valence-electron chi connectivity index (χ1n) is 7.55. The molecule has 0 fully saturated rings. The molecule has 0 radical (unpaired) electrons. The third kappa shape index (κ3) is 3.83. The molecular formula is C16H15ClN7O2+. The van der Waals surface area contributed by atoms with E-state index in [1.807, 2.05) is 36.1 Å². The number of anilines is 1. The second kappa shape index (κ2) is 7.28. The number of azo groups is 1. The van der Waals surface area contributed by atoms with Crippen molar-refractivity contribution in [3.05, 3.63) is 69.6 Å². The minimum absolute atomic E-state index is 0.0848. The molecular weight excluding hydrogens is 358 g/mol. The maximum absolute atomic E-state index is 11.1. The SMILES string of the molecule is C[n+]1cccc(Cn2ncc(N=Nc3ccc(Cl)cc3[N+](=O)[O-])c2N)c1. The number of halogens is 1. The van der Waals surface area contributed by atoms with Gasteiger partial charge in [-0.2, -0.15) is 5.10 Å². The van der Waals surface area contributed by atoms with E-state index >= 15 is 0 Å². The molecule has 0 atom stereocenters. The fraction of sp³-hybridized carbons (Fsp3) is 0.125. The van der Waals surface area contributed by atoms with Crippen molar-refractivity contribution in [3.8, 4) is 0 Å². The first kappa shape index (κ1) is 17.5. The molecule has 0 bridgehead atoms. The van der Waals surface area contributed by atoms with Gasteiger partial charge in [0.05, 0.1) is 17.7 Å². The number of hydrogen-bond donors (Lipinski definition) is 1. The maximum Gasteiger partial charge on any atom is 0.298 e. The molecule has 132 valence electrons. The molecule has 3 aromatic rings. The van der Waals surface area contributed by atoms with Crippen LogP contribution in [-0.2, 0) is 13.6 Å². The van der Waals surface area contributed by atoms with Crippen LogP contribution in [0.15, 0.2) is 59.2 Å². The Kier molecular flexibility index (Phi) is 4.90. The summed E-state index contributed by atoms with van der Waals surface area (Å²) in [6.45, 7) is 0.469. The number of nitro benzene ring substituents is 1. The molecule has 0 spiro atoms. The van der Waals surface area contributed by atoms with E-state index in [0.29, 0.717) is 18.1 Å². The lowest BCUT2D eigenvalue weighted by atomic mass is 10.3. The lowest BCUT2D eigenvalue weighted by molar-refractivity contribution is -0.671. The normalized spacial score (nSPS) is 11.2. The van der Waals surface area contributed by atoms with Crippen molar-refractivity contribution in [1.29, 1.82) is 0 Å². The van der Waals surface area contributed by atoms with E-state index in [2.05, 4.69) is 15.3 Å². The van der Waals surface area contributed by atoms with Crippen molar-refractivity contribution in [2.45, 2.75) is 6.54 Å². The molecule has 2 N–H and O–H groups in total. The molecule has 1 aromatic carbocycles. The molecule has 0 aliphatic carbocycles. The summed E-state index contributed by atoms with van der Waals surface area (Å²) in [5.41, 5.74) is 7.26. The second-order valence-corrected chi connectivity index (χ2v) is 5.98. The molecule has 0 aliphatic heterocycles. The number of hydrogen-bond acceptors (Lipinski definition) is 6. The van der Waals surface area contributed by atoms with Crippen LogP contribution in [0.1, 0.15) is 5.56 Å². The summed E-state index contributed by atoms with van der Waals surface area (Å²) >= 11 is 5.78. The quantitative estimate of drug-likeness (QED) is 0.320. The predicted octanol–water partition coefficient (Wildman–Crippen LogP) is 3.32. The van der Waals surface area contributed by atoms with E-state index < -0.39 is 4.92 Å². The van der Waals surface area contributed by atoms with Gasteiger partial charge in [0.1, 0.15) is 18.6 Å². The summed E-state index contributed by atoms with van der Waals surface area (Å²) in [6.07, 6.45) is 5.34. The third-order valence-corrected chi connectivity index (χ3v) is 3.83. The Labute approximate surface area is 153 Å². The third-order valence-electron chi connectivity index (χ3n) is 3.59. The number of benzene rings is 1. The average Bonchev–Trinajstić information content (AvgIpc) is 2.94. The monoisotopic (exact) mass is 372 g/mol. The van der Waals surface area contributed by atoms with Gasteiger partial charge in [0.2, 0.25) is 0 Å². The number of pyridine rings is 1. The van der Waals surface area contributed by atoms with E-state index in [4.69, 9.17) is 17.3 Å². The van der Waals surface area contributed by atoms with Gasteiger partial charge in [-0.25, -0.2) is 9.25 Å². The van der Waals surface area contributed by atoms with Gasteiger partial charge in [0.25, 0.3) is 5.69 Å². The van der Waals surface area contributed by atoms with Crippen molar-refractivity contribution < 1.29 is 9.49 Å². The molecule has 9 nitrogen and oxygen atoms in total. The molecule has 2 aromatic heterocycles. The van der Waals surface area contributed by atoms with Crippen LogP contribution in [0.2, 0.25) is 5.02 Å². The summed E-state index contributed by atoms with van der Waals surface area (Å²) in [7, 11) is 1.93. The highest BCUT2D eigenvalue weighted by Crippen LogP contribution is 2.32. The zero-order valence-electron chi connectivity index (χ0n) is 13.8. The predicted molar refractivity (Wildman–Crippen MR) is 95.6 cm³/mol. The Balaban J connectivity index is 1.85. The van der Waals surface area contributed by atoms with Crippen LogP contribution in [0.25, 0.3) is 0 Å². The topological polar surface area (TPSA) is 116 Å². The fourth-order valence-corrected chi connectivity index (χ4v) is 2.51. The van der Waals surface area contributed by atoms with Gasteiger partial charge < -0.3 is 5.73 Å². The summed E-state index contributed by atoms with van der Waals surface area (Å²) in [5, 5.41) is 23.5. The van der Waals surface area contributed by atoms with Crippen LogP contribution in [-0.4, -0.2) is 14.7 Å². The number of nitrogens with zero attached hydrogens (tertiary/aromatic N) is 6. The number of rotatable bonds is 5. The summed E-state index contributed by atoms with van der Waals surface area (Å²) in [4.78, 5) is 10.5. The molecule has 0 saturated heterocycles. The van der Waals surface area contributed by atoms with E-state index in [1.165, 1.54) is 24.4 Å². The van der Waals surface area contributed by atoms with E-state index in [-0.39, 0.29) is 16.4 Å². The number of nitro groups is 1. The Morgan fingerprint density at radius 3 is 2.85 bits per heavy atom. The highest BCUT2D eigenvalue weighted by atomic mass is 35.5. The standard InChI is InChI=1S/C16H15ClN7O2/c1-22-6-2-3-11(9-22)10-23-16(18)14(8-19-23)21-20-13-5-4-12(17)7-15(13)24(25)26/h2-9H,10,18H2,1H3/q+1. The summed E-state index contributed by atoms with van der Waals surface area (Å²) in [6, 6.07) is 8.03.